The molecule has 0 bridgehead atoms. The van der Waals surface area contributed by atoms with Crippen LogP contribution in [-0.4, -0.2) is 37.1 Å². The number of hydrogen-bond donors (Lipinski definition) is 0. The lowest BCUT2D eigenvalue weighted by Gasteiger charge is -2.28. The zero-order valence-electron chi connectivity index (χ0n) is 13.6. The smallest absolute Gasteiger partial charge is 0.161 e. The molecule has 0 amide bonds. The van der Waals surface area contributed by atoms with E-state index in [0.717, 1.165) is 22.1 Å². The Bertz CT molecular complexity index is 991. The molecule has 2 heterocycles. The summed E-state index contributed by atoms with van der Waals surface area (Å²) in [5.41, 5.74) is 3.09. The van der Waals surface area contributed by atoms with E-state index in [-0.39, 0.29) is 0 Å². The van der Waals surface area contributed by atoms with Crippen molar-refractivity contribution >= 4 is 22.1 Å². The average molecular weight is 322 g/mol. The van der Waals surface area contributed by atoms with Crippen LogP contribution in [0, 0.1) is 0 Å². The molecule has 0 aliphatic rings. The van der Waals surface area contributed by atoms with Crippen molar-refractivity contribution in [1.82, 2.24) is 30.0 Å². The average Bonchev–Trinajstić information content (AvgIpc) is 3.24. The molecule has 0 spiro atoms. The monoisotopic (exact) mass is 322 g/mol. The Hall–Kier alpha value is -2.80. The molecule has 122 valence electrons. The number of ether oxygens (including phenoxy) is 1. The van der Waals surface area contributed by atoms with Gasteiger partial charge in [0.1, 0.15) is 11.0 Å². The van der Waals surface area contributed by atoms with Crippen molar-refractivity contribution in [1.29, 1.82) is 0 Å². The van der Waals surface area contributed by atoms with E-state index < -0.39 is 5.72 Å². The number of para-hydroxylation sites is 2. The number of hydrogen-bond acceptors (Lipinski definition) is 5. The molecular formula is C17H18N6O. The van der Waals surface area contributed by atoms with Crippen LogP contribution in [0.2, 0.25) is 0 Å². The Morgan fingerprint density at radius 1 is 0.917 bits per heavy atom. The summed E-state index contributed by atoms with van der Waals surface area (Å²) >= 11 is 0. The molecule has 7 nitrogen and oxygen atoms in total. The second-order valence-electron chi connectivity index (χ2n) is 5.92. The SMILES string of the molecule is COC(C)(CCn1nnc2ccccc21)n1nnc2ccccc21. The lowest BCUT2D eigenvalue weighted by atomic mass is 10.1. The largest absolute Gasteiger partial charge is 0.357 e. The highest BCUT2D eigenvalue weighted by atomic mass is 16.5. The summed E-state index contributed by atoms with van der Waals surface area (Å²) in [6.45, 7) is 2.67. The van der Waals surface area contributed by atoms with Crippen LogP contribution in [0.5, 0.6) is 0 Å². The van der Waals surface area contributed by atoms with Crippen LogP contribution >= 0.6 is 0 Å². The summed E-state index contributed by atoms with van der Waals surface area (Å²) < 4.78 is 9.53. The van der Waals surface area contributed by atoms with Crippen LogP contribution in [-0.2, 0) is 17.0 Å². The van der Waals surface area contributed by atoms with E-state index in [4.69, 9.17) is 4.74 Å². The summed E-state index contributed by atoms with van der Waals surface area (Å²) in [6, 6.07) is 15.8. The molecule has 0 fully saturated rings. The van der Waals surface area contributed by atoms with Crippen molar-refractivity contribution in [2.75, 3.05) is 7.11 Å². The molecule has 0 saturated heterocycles. The van der Waals surface area contributed by atoms with Crippen LogP contribution < -0.4 is 0 Å². The van der Waals surface area contributed by atoms with E-state index >= 15 is 0 Å². The van der Waals surface area contributed by atoms with Gasteiger partial charge in [0.15, 0.2) is 5.72 Å². The van der Waals surface area contributed by atoms with Gasteiger partial charge in [0.25, 0.3) is 0 Å². The number of methoxy groups -OCH3 is 1. The summed E-state index contributed by atoms with van der Waals surface area (Å²) in [5, 5.41) is 17.0. The number of rotatable bonds is 5. The second kappa shape index (κ2) is 5.68. The maximum Gasteiger partial charge on any atom is 0.161 e. The van der Waals surface area contributed by atoms with Crippen molar-refractivity contribution < 1.29 is 4.74 Å². The predicted molar refractivity (Wildman–Crippen MR) is 90.3 cm³/mol. The molecule has 1 unspecified atom stereocenters. The standard InChI is InChI=1S/C17H18N6O/c1-17(24-2,23-16-10-6-4-8-14(16)19-21-23)11-12-22-15-9-5-3-7-13(15)18-20-22/h3-10H,11-12H2,1-2H3. The second-order valence-corrected chi connectivity index (χ2v) is 5.92. The van der Waals surface area contributed by atoms with E-state index in [2.05, 4.69) is 20.6 Å². The zero-order chi connectivity index (χ0) is 16.6. The van der Waals surface area contributed by atoms with Crippen LogP contribution in [0.1, 0.15) is 13.3 Å². The van der Waals surface area contributed by atoms with Crippen molar-refractivity contribution in [2.45, 2.75) is 25.6 Å². The lowest BCUT2D eigenvalue weighted by Crippen LogP contribution is -2.34. The van der Waals surface area contributed by atoms with Gasteiger partial charge in [-0.25, -0.2) is 9.36 Å². The third kappa shape index (κ3) is 2.33. The summed E-state index contributed by atoms with van der Waals surface area (Å²) in [6.07, 6.45) is 0.685. The number of benzene rings is 2. The Labute approximate surface area is 138 Å². The van der Waals surface area contributed by atoms with Crippen LogP contribution in [0.25, 0.3) is 22.1 Å². The van der Waals surface area contributed by atoms with Gasteiger partial charge in [0, 0.05) is 20.1 Å². The number of nitrogens with zero attached hydrogens (tertiary/aromatic N) is 6. The Balaban J connectivity index is 1.65. The van der Waals surface area contributed by atoms with Crippen molar-refractivity contribution in [3.05, 3.63) is 48.5 Å². The highest BCUT2D eigenvalue weighted by Crippen LogP contribution is 2.26. The molecule has 2 aromatic heterocycles. The van der Waals surface area contributed by atoms with Crippen LogP contribution in [0.4, 0.5) is 0 Å². The fourth-order valence-electron chi connectivity index (χ4n) is 2.91. The van der Waals surface area contributed by atoms with Crippen LogP contribution in [0.15, 0.2) is 48.5 Å². The molecule has 0 aliphatic carbocycles. The third-order valence-electron chi connectivity index (χ3n) is 4.45. The lowest BCUT2D eigenvalue weighted by molar-refractivity contribution is -0.0792. The first-order valence-electron chi connectivity index (χ1n) is 7.85. The van der Waals surface area contributed by atoms with Gasteiger partial charge >= 0.3 is 0 Å². The Kier molecular flexibility index (Phi) is 3.50. The fraction of sp³-hybridized carbons (Fsp3) is 0.294. The first kappa shape index (κ1) is 14.8. The quantitative estimate of drug-likeness (QED) is 0.565. The minimum absolute atomic E-state index is 0.622. The number of aromatic nitrogens is 6. The summed E-state index contributed by atoms with van der Waals surface area (Å²) in [7, 11) is 1.69. The number of fused-ring (bicyclic) bond motifs is 2. The van der Waals surface area contributed by atoms with E-state index in [9.17, 15) is 0 Å². The molecule has 0 radical (unpaired) electrons. The maximum atomic E-state index is 5.80. The molecule has 24 heavy (non-hydrogen) atoms. The van der Waals surface area contributed by atoms with Crippen molar-refractivity contribution in [3.8, 4) is 0 Å². The molecular weight excluding hydrogens is 304 g/mol. The first-order chi connectivity index (χ1) is 11.7. The molecule has 4 rings (SSSR count). The molecule has 0 aliphatic heterocycles. The van der Waals surface area contributed by atoms with Gasteiger partial charge in [0.05, 0.1) is 11.0 Å². The molecule has 7 heteroatoms. The molecule has 0 N–H and O–H groups in total. The minimum atomic E-state index is -0.622. The highest BCUT2D eigenvalue weighted by molar-refractivity contribution is 5.74. The Morgan fingerprint density at radius 2 is 1.54 bits per heavy atom. The zero-order valence-corrected chi connectivity index (χ0v) is 13.6. The highest BCUT2D eigenvalue weighted by Gasteiger charge is 2.29. The Morgan fingerprint density at radius 3 is 2.29 bits per heavy atom. The van der Waals surface area contributed by atoms with Crippen LogP contribution in [0.3, 0.4) is 0 Å². The van der Waals surface area contributed by atoms with E-state index in [1.54, 1.807) is 7.11 Å². The molecule has 0 saturated carbocycles. The third-order valence-corrected chi connectivity index (χ3v) is 4.45. The van der Waals surface area contributed by atoms with Gasteiger partial charge in [-0.1, -0.05) is 34.7 Å². The normalized spacial score (nSPS) is 14.2. The first-order valence-corrected chi connectivity index (χ1v) is 7.85. The van der Waals surface area contributed by atoms with Gasteiger partial charge in [-0.05, 0) is 31.2 Å². The summed E-state index contributed by atoms with van der Waals surface area (Å²) in [5.74, 6) is 0. The fourth-order valence-corrected chi connectivity index (χ4v) is 2.91. The molecule has 1 atom stereocenters. The van der Waals surface area contributed by atoms with Gasteiger partial charge in [-0.2, -0.15) is 0 Å². The predicted octanol–water partition coefficient (Wildman–Crippen LogP) is 2.59. The van der Waals surface area contributed by atoms with Gasteiger partial charge < -0.3 is 4.74 Å². The maximum absolute atomic E-state index is 5.80. The molecule has 4 aromatic rings. The topological polar surface area (TPSA) is 70.7 Å². The van der Waals surface area contributed by atoms with E-state index in [1.165, 1.54) is 0 Å². The minimum Gasteiger partial charge on any atom is -0.357 e. The van der Waals surface area contributed by atoms with E-state index in [0.29, 0.717) is 13.0 Å². The van der Waals surface area contributed by atoms with Gasteiger partial charge in [0.2, 0.25) is 0 Å². The number of aryl methyl sites for hydroxylation is 1. The summed E-state index contributed by atoms with van der Waals surface area (Å²) in [4.78, 5) is 0. The van der Waals surface area contributed by atoms with E-state index in [1.807, 2.05) is 64.8 Å². The van der Waals surface area contributed by atoms with Crippen molar-refractivity contribution in [2.24, 2.45) is 0 Å². The molecule has 2 aromatic carbocycles. The van der Waals surface area contributed by atoms with Gasteiger partial charge in [-0.15, -0.1) is 10.2 Å². The van der Waals surface area contributed by atoms with Gasteiger partial charge in [-0.3, -0.25) is 0 Å². The van der Waals surface area contributed by atoms with Crippen molar-refractivity contribution in [3.63, 3.8) is 0 Å².